The minimum absolute atomic E-state index is 0.0101. The molecule has 0 bridgehead atoms. The van der Waals surface area contributed by atoms with Gasteiger partial charge in [-0.1, -0.05) is 6.07 Å². The third kappa shape index (κ3) is 7.26. The lowest BCUT2D eigenvalue weighted by molar-refractivity contribution is 0.0690. The quantitative estimate of drug-likeness (QED) is 0.620. The number of carbonyl (C=O) groups is 2. The number of rotatable bonds is 8. The van der Waals surface area contributed by atoms with Crippen molar-refractivity contribution in [2.75, 3.05) is 27.2 Å². The molecule has 0 saturated carbocycles. The minimum atomic E-state index is -1.06. The largest absolute Gasteiger partial charge is 0.477 e. The van der Waals surface area contributed by atoms with E-state index in [0.29, 0.717) is 13.1 Å². The van der Waals surface area contributed by atoms with Crippen molar-refractivity contribution < 1.29 is 14.7 Å². The van der Waals surface area contributed by atoms with Crippen LogP contribution in [0.5, 0.6) is 0 Å². The van der Waals surface area contributed by atoms with Crippen LogP contribution in [-0.2, 0) is 6.54 Å². The molecule has 0 aliphatic rings. The van der Waals surface area contributed by atoms with Gasteiger partial charge in [0.2, 0.25) is 0 Å². The normalized spacial score (nSPS) is 10.4. The maximum absolute atomic E-state index is 11.5. The molecule has 1 heterocycles. The van der Waals surface area contributed by atoms with Gasteiger partial charge >= 0.3 is 12.0 Å². The van der Waals surface area contributed by atoms with Crippen molar-refractivity contribution in [3.8, 4) is 0 Å². The molecular weight excluding hydrogens is 272 g/mol. The Balaban J connectivity index is 2.19. The zero-order valence-electron chi connectivity index (χ0n) is 12.4. The molecule has 0 radical (unpaired) electrons. The van der Waals surface area contributed by atoms with E-state index in [0.717, 1.165) is 24.9 Å². The van der Waals surface area contributed by atoms with E-state index in [9.17, 15) is 9.59 Å². The van der Waals surface area contributed by atoms with Crippen molar-refractivity contribution in [2.45, 2.75) is 19.4 Å². The Hall–Kier alpha value is -2.15. The van der Waals surface area contributed by atoms with Crippen LogP contribution < -0.4 is 10.6 Å². The summed E-state index contributed by atoms with van der Waals surface area (Å²) in [5.41, 5.74) is 0.742. The molecule has 0 aromatic carbocycles. The fourth-order valence-electron chi connectivity index (χ4n) is 1.66. The number of aromatic nitrogens is 1. The van der Waals surface area contributed by atoms with Crippen molar-refractivity contribution >= 4 is 12.0 Å². The lowest BCUT2D eigenvalue weighted by Gasteiger charge is -2.10. The first kappa shape index (κ1) is 16.9. The van der Waals surface area contributed by atoms with E-state index in [1.807, 2.05) is 14.1 Å². The summed E-state index contributed by atoms with van der Waals surface area (Å²) in [6, 6.07) is 2.81. The molecule has 0 aliphatic heterocycles. The van der Waals surface area contributed by atoms with E-state index in [2.05, 4.69) is 20.5 Å². The minimum Gasteiger partial charge on any atom is -0.477 e. The summed E-state index contributed by atoms with van der Waals surface area (Å²) in [5, 5.41) is 14.2. The van der Waals surface area contributed by atoms with Crippen LogP contribution in [0, 0.1) is 0 Å². The highest BCUT2D eigenvalue weighted by atomic mass is 16.4. The summed E-state index contributed by atoms with van der Waals surface area (Å²) < 4.78 is 0. The Morgan fingerprint density at radius 3 is 2.57 bits per heavy atom. The lowest BCUT2D eigenvalue weighted by Crippen LogP contribution is -2.35. The zero-order valence-corrected chi connectivity index (χ0v) is 12.4. The molecule has 3 N–H and O–H groups in total. The van der Waals surface area contributed by atoms with E-state index in [1.165, 1.54) is 12.3 Å². The molecule has 0 unspecified atom stereocenters. The van der Waals surface area contributed by atoms with E-state index in [-0.39, 0.29) is 11.7 Å². The van der Waals surface area contributed by atoms with Gasteiger partial charge in [0.15, 0.2) is 0 Å². The van der Waals surface area contributed by atoms with Crippen molar-refractivity contribution in [3.05, 3.63) is 29.6 Å². The number of hydrogen-bond acceptors (Lipinski definition) is 4. The monoisotopic (exact) mass is 294 g/mol. The Labute approximate surface area is 124 Å². The van der Waals surface area contributed by atoms with Crippen LogP contribution in [0.25, 0.3) is 0 Å². The highest BCUT2D eigenvalue weighted by Crippen LogP contribution is 2.00. The van der Waals surface area contributed by atoms with Crippen molar-refractivity contribution in [1.82, 2.24) is 20.5 Å². The molecule has 2 amide bonds. The predicted octanol–water partition coefficient (Wildman–Crippen LogP) is 0.921. The van der Waals surface area contributed by atoms with Crippen molar-refractivity contribution in [3.63, 3.8) is 0 Å². The van der Waals surface area contributed by atoms with Crippen LogP contribution in [0.3, 0.4) is 0 Å². The molecule has 1 rings (SSSR count). The maximum Gasteiger partial charge on any atom is 0.354 e. The number of carboxylic acids is 1. The smallest absolute Gasteiger partial charge is 0.354 e. The van der Waals surface area contributed by atoms with Gasteiger partial charge < -0.3 is 20.6 Å². The van der Waals surface area contributed by atoms with Crippen LogP contribution in [-0.4, -0.2) is 54.2 Å². The van der Waals surface area contributed by atoms with E-state index in [1.54, 1.807) is 6.07 Å². The van der Waals surface area contributed by atoms with E-state index in [4.69, 9.17) is 5.11 Å². The molecule has 1 aromatic heterocycles. The molecule has 0 fully saturated rings. The third-order valence-corrected chi connectivity index (χ3v) is 2.81. The molecule has 0 atom stereocenters. The molecule has 21 heavy (non-hydrogen) atoms. The van der Waals surface area contributed by atoms with Crippen LogP contribution in [0.1, 0.15) is 28.9 Å². The fourth-order valence-corrected chi connectivity index (χ4v) is 1.66. The second kappa shape index (κ2) is 8.91. The molecule has 0 saturated heterocycles. The average Bonchev–Trinajstić information content (AvgIpc) is 2.44. The molecule has 0 spiro atoms. The third-order valence-electron chi connectivity index (χ3n) is 2.81. The summed E-state index contributed by atoms with van der Waals surface area (Å²) in [6.45, 7) is 1.96. The molecule has 7 nitrogen and oxygen atoms in total. The Bertz CT molecular complexity index is 460. The van der Waals surface area contributed by atoms with Gasteiger partial charge in [0.1, 0.15) is 5.69 Å². The van der Waals surface area contributed by atoms with Crippen molar-refractivity contribution in [1.29, 1.82) is 0 Å². The number of amides is 2. The number of aromatic carboxylic acids is 1. The second-order valence-electron chi connectivity index (χ2n) is 4.98. The average molecular weight is 294 g/mol. The van der Waals surface area contributed by atoms with Crippen LogP contribution in [0.4, 0.5) is 4.79 Å². The Morgan fingerprint density at radius 1 is 1.24 bits per heavy atom. The second-order valence-corrected chi connectivity index (χ2v) is 4.98. The zero-order chi connectivity index (χ0) is 15.7. The molecular formula is C14H22N4O3. The SMILES string of the molecule is CN(C)CCCCNC(=O)NCc1ccc(C(=O)O)nc1. The highest BCUT2D eigenvalue weighted by Gasteiger charge is 2.04. The first-order valence-corrected chi connectivity index (χ1v) is 6.83. The van der Waals surface area contributed by atoms with Gasteiger partial charge in [-0.25, -0.2) is 14.6 Å². The molecule has 1 aromatic rings. The predicted molar refractivity (Wildman–Crippen MR) is 79.2 cm³/mol. The fraction of sp³-hybridized carbons (Fsp3) is 0.500. The first-order valence-electron chi connectivity index (χ1n) is 6.83. The summed E-state index contributed by atoms with van der Waals surface area (Å²) in [6.07, 6.45) is 3.41. The van der Waals surface area contributed by atoms with E-state index >= 15 is 0 Å². The summed E-state index contributed by atoms with van der Waals surface area (Å²) in [4.78, 5) is 28.1. The van der Waals surface area contributed by atoms with Crippen LogP contribution in [0.2, 0.25) is 0 Å². The number of hydrogen-bond donors (Lipinski definition) is 3. The molecule has 0 aliphatic carbocycles. The topological polar surface area (TPSA) is 94.6 Å². The van der Waals surface area contributed by atoms with Crippen LogP contribution in [0.15, 0.2) is 18.3 Å². The summed E-state index contributed by atoms with van der Waals surface area (Å²) in [5.74, 6) is -1.06. The van der Waals surface area contributed by atoms with Crippen LogP contribution >= 0.6 is 0 Å². The van der Waals surface area contributed by atoms with Gasteiger partial charge in [-0.2, -0.15) is 0 Å². The number of pyridine rings is 1. The summed E-state index contributed by atoms with van der Waals surface area (Å²) >= 11 is 0. The number of unbranched alkanes of at least 4 members (excludes halogenated alkanes) is 1. The lowest BCUT2D eigenvalue weighted by atomic mass is 10.2. The van der Waals surface area contributed by atoms with Crippen molar-refractivity contribution in [2.24, 2.45) is 0 Å². The molecule has 116 valence electrons. The maximum atomic E-state index is 11.5. The van der Waals surface area contributed by atoms with Gasteiger partial charge in [0.05, 0.1) is 0 Å². The number of carbonyl (C=O) groups excluding carboxylic acids is 1. The first-order chi connectivity index (χ1) is 9.99. The van der Waals surface area contributed by atoms with Gasteiger partial charge in [0, 0.05) is 19.3 Å². The van der Waals surface area contributed by atoms with E-state index < -0.39 is 5.97 Å². The Kier molecular flexibility index (Phi) is 7.17. The van der Waals surface area contributed by atoms with Gasteiger partial charge in [0.25, 0.3) is 0 Å². The molecule has 7 heteroatoms. The number of nitrogens with zero attached hydrogens (tertiary/aromatic N) is 2. The summed E-state index contributed by atoms with van der Waals surface area (Å²) in [7, 11) is 4.04. The van der Waals surface area contributed by atoms with Gasteiger partial charge in [-0.3, -0.25) is 0 Å². The standard InChI is InChI=1S/C14H22N4O3/c1-18(2)8-4-3-7-15-14(21)17-10-11-5-6-12(13(19)20)16-9-11/h5-6,9H,3-4,7-8,10H2,1-2H3,(H,19,20)(H2,15,17,21). The van der Waals surface area contributed by atoms with Gasteiger partial charge in [-0.15, -0.1) is 0 Å². The number of carboxylic acid groups (broad SMARTS) is 1. The van der Waals surface area contributed by atoms with Gasteiger partial charge in [-0.05, 0) is 45.1 Å². The number of nitrogens with one attached hydrogen (secondary N) is 2. The Morgan fingerprint density at radius 2 is 2.00 bits per heavy atom. The number of urea groups is 1. The highest BCUT2D eigenvalue weighted by molar-refractivity contribution is 5.85.